The molecule has 1 aliphatic rings. The number of carbonyl (C=O) groups excluding carboxylic acids is 2. The number of halogens is 1. The van der Waals surface area contributed by atoms with Crippen molar-refractivity contribution < 1.29 is 14.0 Å². The summed E-state index contributed by atoms with van der Waals surface area (Å²) in [5.74, 6) is -0.278. The Morgan fingerprint density at radius 3 is 2.57 bits per heavy atom. The lowest BCUT2D eigenvalue weighted by Gasteiger charge is -2.14. The number of urea groups is 1. The van der Waals surface area contributed by atoms with E-state index in [0.29, 0.717) is 30.7 Å². The van der Waals surface area contributed by atoms with Crippen LogP contribution in [0, 0.1) is 5.82 Å². The average Bonchev–Trinajstić information content (AvgIpc) is 3.43. The average molecular weight is 410 g/mol. The van der Waals surface area contributed by atoms with E-state index in [4.69, 9.17) is 0 Å². The molecule has 0 aliphatic carbocycles. The third-order valence-corrected chi connectivity index (χ3v) is 5.13. The second-order valence-electron chi connectivity index (χ2n) is 7.25. The molecular weight excluding hydrogens is 387 g/mol. The highest BCUT2D eigenvalue weighted by Crippen LogP contribution is 2.17. The lowest BCUT2D eigenvalue weighted by molar-refractivity contribution is 0.0793. The van der Waals surface area contributed by atoms with E-state index < -0.39 is 0 Å². The predicted octanol–water partition coefficient (Wildman–Crippen LogP) is 2.31. The van der Waals surface area contributed by atoms with E-state index >= 15 is 0 Å². The fraction of sp³-hybridized carbons (Fsp3) is 0.333. The summed E-state index contributed by atoms with van der Waals surface area (Å²) in [4.78, 5) is 26.3. The molecule has 8 nitrogen and oxygen atoms in total. The van der Waals surface area contributed by atoms with Crippen LogP contribution in [-0.4, -0.2) is 51.5 Å². The minimum absolute atomic E-state index is 0.0310. The molecule has 3 amide bonds. The molecular formula is C21H23FN6O2. The van der Waals surface area contributed by atoms with E-state index in [9.17, 15) is 14.0 Å². The Bertz CT molecular complexity index is 1040. The van der Waals surface area contributed by atoms with E-state index in [2.05, 4.69) is 20.9 Å². The molecule has 0 atom stereocenters. The van der Waals surface area contributed by atoms with Crippen LogP contribution in [0.1, 0.15) is 28.8 Å². The van der Waals surface area contributed by atoms with E-state index in [0.717, 1.165) is 37.0 Å². The molecule has 0 spiro atoms. The third kappa shape index (κ3) is 4.56. The van der Waals surface area contributed by atoms with Gasteiger partial charge in [0.05, 0.1) is 12.1 Å². The molecule has 30 heavy (non-hydrogen) atoms. The second-order valence-corrected chi connectivity index (χ2v) is 7.25. The van der Waals surface area contributed by atoms with Gasteiger partial charge in [-0.2, -0.15) is 0 Å². The zero-order valence-electron chi connectivity index (χ0n) is 16.5. The molecule has 1 fully saturated rings. The maximum atomic E-state index is 12.9. The zero-order chi connectivity index (χ0) is 20.9. The summed E-state index contributed by atoms with van der Waals surface area (Å²) in [7, 11) is 0. The molecule has 1 aliphatic heterocycles. The number of nitrogens with zero attached hydrogens (tertiary/aromatic N) is 4. The first-order chi connectivity index (χ1) is 14.6. The minimum Gasteiger partial charge on any atom is -0.339 e. The summed E-state index contributed by atoms with van der Waals surface area (Å²) >= 11 is 0. The third-order valence-electron chi connectivity index (χ3n) is 5.13. The molecule has 2 heterocycles. The summed E-state index contributed by atoms with van der Waals surface area (Å²) in [5.41, 5.74) is 2.89. The first-order valence-corrected chi connectivity index (χ1v) is 9.99. The maximum absolute atomic E-state index is 12.9. The normalized spacial score (nSPS) is 13.6. The van der Waals surface area contributed by atoms with Gasteiger partial charge in [0.15, 0.2) is 0 Å². The molecule has 4 rings (SSSR count). The number of hydrogen-bond donors (Lipinski definition) is 2. The Hall–Kier alpha value is -3.49. The summed E-state index contributed by atoms with van der Waals surface area (Å²) in [5, 5.41) is 13.8. The summed E-state index contributed by atoms with van der Waals surface area (Å²) in [6.07, 6.45) is 2.10. The highest BCUT2D eigenvalue weighted by Gasteiger charge is 2.20. The van der Waals surface area contributed by atoms with Gasteiger partial charge in [0.1, 0.15) is 11.3 Å². The fourth-order valence-electron chi connectivity index (χ4n) is 3.50. The quantitative estimate of drug-likeness (QED) is 0.652. The molecule has 9 heteroatoms. The predicted molar refractivity (Wildman–Crippen MR) is 109 cm³/mol. The van der Waals surface area contributed by atoms with Gasteiger partial charge in [-0.3, -0.25) is 4.79 Å². The molecule has 2 N–H and O–H groups in total. The van der Waals surface area contributed by atoms with Crippen molar-refractivity contribution in [3.8, 4) is 0 Å². The van der Waals surface area contributed by atoms with Crippen molar-refractivity contribution >= 4 is 23.0 Å². The minimum atomic E-state index is -0.317. The Balaban J connectivity index is 1.29. The van der Waals surface area contributed by atoms with Gasteiger partial charge in [-0.1, -0.05) is 17.3 Å². The number of hydrogen-bond acceptors (Lipinski definition) is 4. The highest BCUT2D eigenvalue weighted by atomic mass is 19.1. The molecule has 3 aromatic rings. The number of nitrogens with one attached hydrogen (secondary N) is 2. The number of likely N-dealkylation sites (tertiary alicyclic amines) is 1. The van der Waals surface area contributed by atoms with Gasteiger partial charge in [0, 0.05) is 31.7 Å². The van der Waals surface area contributed by atoms with Crippen molar-refractivity contribution in [1.29, 1.82) is 0 Å². The molecule has 156 valence electrons. The fourth-order valence-corrected chi connectivity index (χ4v) is 3.50. The van der Waals surface area contributed by atoms with Crippen LogP contribution >= 0.6 is 0 Å². The van der Waals surface area contributed by atoms with Crippen LogP contribution in [0.3, 0.4) is 0 Å². The molecule has 1 aromatic heterocycles. The Labute approximate surface area is 173 Å². The molecule has 0 unspecified atom stereocenters. The molecule has 0 bridgehead atoms. The van der Waals surface area contributed by atoms with Crippen LogP contribution < -0.4 is 10.6 Å². The van der Waals surface area contributed by atoms with E-state index in [1.54, 1.807) is 28.9 Å². The maximum Gasteiger partial charge on any atom is 0.315 e. The van der Waals surface area contributed by atoms with Gasteiger partial charge in [0.25, 0.3) is 5.91 Å². The van der Waals surface area contributed by atoms with Gasteiger partial charge < -0.3 is 15.5 Å². The largest absolute Gasteiger partial charge is 0.339 e. The van der Waals surface area contributed by atoms with Crippen LogP contribution in [0.5, 0.6) is 0 Å². The summed E-state index contributed by atoms with van der Waals surface area (Å²) in [6, 6.07) is 11.0. The topological polar surface area (TPSA) is 92.1 Å². The van der Waals surface area contributed by atoms with Crippen LogP contribution in [0.25, 0.3) is 11.0 Å². The standard InChI is InChI=1S/C21H23FN6O2/c22-17-6-3-15(4-7-17)14-24-21(30)23-9-12-28-19-8-5-16(13-18(19)25-26-28)20(29)27-10-1-2-11-27/h3-8,13H,1-2,9-12,14H2,(H2,23,24,30). The molecule has 2 aromatic carbocycles. The first-order valence-electron chi connectivity index (χ1n) is 9.99. The van der Waals surface area contributed by atoms with Crippen molar-refractivity contribution in [2.45, 2.75) is 25.9 Å². The Kier molecular flexibility index (Phi) is 5.87. The Morgan fingerprint density at radius 1 is 1.03 bits per heavy atom. The van der Waals surface area contributed by atoms with E-state index in [1.165, 1.54) is 12.1 Å². The highest BCUT2D eigenvalue weighted by molar-refractivity contribution is 5.97. The van der Waals surface area contributed by atoms with Crippen molar-refractivity contribution in [2.75, 3.05) is 19.6 Å². The molecule has 0 saturated carbocycles. The number of carbonyl (C=O) groups is 2. The van der Waals surface area contributed by atoms with Gasteiger partial charge in [-0.25, -0.2) is 13.9 Å². The van der Waals surface area contributed by atoms with E-state index in [1.807, 2.05) is 11.0 Å². The van der Waals surface area contributed by atoms with Crippen LogP contribution in [0.4, 0.5) is 9.18 Å². The number of benzene rings is 2. The Morgan fingerprint density at radius 2 is 1.80 bits per heavy atom. The van der Waals surface area contributed by atoms with Gasteiger partial charge in [-0.15, -0.1) is 5.10 Å². The van der Waals surface area contributed by atoms with Crippen LogP contribution in [-0.2, 0) is 13.1 Å². The first kappa shape index (κ1) is 19.8. The zero-order valence-corrected chi connectivity index (χ0v) is 16.5. The second kappa shape index (κ2) is 8.89. The lowest BCUT2D eigenvalue weighted by atomic mass is 10.1. The van der Waals surface area contributed by atoms with E-state index in [-0.39, 0.29) is 17.8 Å². The summed E-state index contributed by atoms with van der Waals surface area (Å²) in [6.45, 7) is 2.73. The number of aromatic nitrogens is 3. The number of amides is 3. The van der Waals surface area contributed by atoms with Crippen molar-refractivity contribution in [3.63, 3.8) is 0 Å². The number of rotatable bonds is 6. The number of fused-ring (bicyclic) bond motifs is 1. The van der Waals surface area contributed by atoms with Crippen LogP contribution in [0.15, 0.2) is 42.5 Å². The van der Waals surface area contributed by atoms with Gasteiger partial charge in [-0.05, 0) is 48.7 Å². The monoisotopic (exact) mass is 410 g/mol. The molecule has 1 saturated heterocycles. The van der Waals surface area contributed by atoms with Crippen LogP contribution in [0.2, 0.25) is 0 Å². The smallest absolute Gasteiger partial charge is 0.315 e. The lowest BCUT2D eigenvalue weighted by Crippen LogP contribution is -2.36. The molecule has 0 radical (unpaired) electrons. The van der Waals surface area contributed by atoms with Gasteiger partial charge >= 0.3 is 6.03 Å². The van der Waals surface area contributed by atoms with Crippen molar-refractivity contribution in [1.82, 2.24) is 30.5 Å². The summed E-state index contributed by atoms with van der Waals surface area (Å²) < 4.78 is 14.6. The SMILES string of the molecule is O=C(NCCn1nnc2cc(C(=O)N3CCCC3)ccc21)NCc1ccc(F)cc1. The van der Waals surface area contributed by atoms with Crippen molar-refractivity contribution in [2.24, 2.45) is 0 Å². The van der Waals surface area contributed by atoms with Crippen molar-refractivity contribution in [3.05, 3.63) is 59.4 Å². The van der Waals surface area contributed by atoms with Gasteiger partial charge in [0.2, 0.25) is 0 Å².